The Balaban J connectivity index is 1.48. The van der Waals surface area contributed by atoms with E-state index in [-0.39, 0.29) is 29.3 Å². The second-order valence-electron chi connectivity index (χ2n) is 7.91. The van der Waals surface area contributed by atoms with Crippen molar-refractivity contribution in [2.24, 2.45) is 0 Å². The molecule has 0 spiro atoms. The van der Waals surface area contributed by atoms with Gasteiger partial charge in [-0.1, -0.05) is 6.07 Å². The maximum Gasteiger partial charge on any atom is 0.279 e. The number of pyridine rings is 2. The van der Waals surface area contributed by atoms with Crippen LogP contribution in [0.25, 0.3) is 11.5 Å². The van der Waals surface area contributed by atoms with Crippen LogP contribution in [-0.2, 0) is 4.74 Å². The van der Waals surface area contributed by atoms with Crippen LogP contribution in [0.2, 0.25) is 0 Å². The van der Waals surface area contributed by atoms with Crippen LogP contribution in [0.1, 0.15) is 23.3 Å². The van der Waals surface area contributed by atoms with Gasteiger partial charge >= 0.3 is 0 Å². The van der Waals surface area contributed by atoms with Crippen molar-refractivity contribution in [3.63, 3.8) is 0 Å². The first kappa shape index (κ1) is 21.6. The van der Waals surface area contributed by atoms with Gasteiger partial charge in [-0.3, -0.25) is 14.2 Å². The Kier molecular flexibility index (Phi) is 5.68. The molecule has 1 aliphatic carbocycles. The summed E-state index contributed by atoms with van der Waals surface area (Å²) in [6.45, 7) is 0. The normalized spacial score (nSPS) is 17.2. The number of fused-ring (bicyclic) bond motifs is 1. The van der Waals surface area contributed by atoms with Crippen molar-refractivity contribution < 1.29 is 9.53 Å². The number of aromatic nitrogens is 5. The van der Waals surface area contributed by atoms with Crippen LogP contribution < -0.4 is 21.5 Å². The summed E-state index contributed by atoms with van der Waals surface area (Å²) in [6.07, 6.45) is 6.55. The van der Waals surface area contributed by atoms with Crippen LogP contribution in [0.15, 0.2) is 59.8 Å². The van der Waals surface area contributed by atoms with E-state index in [9.17, 15) is 9.59 Å². The summed E-state index contributed by atoms with van der Waals surface area (Å²) in [7, 11) is 3.39. The third-order valence-corrected chi connectivity index (χ3v) is 5.91. The van der Waals surface area contributed by atoms with Crippen LogP contribution in [0.3, 0.4) is 0 Å². The lowest BCUT2D eigenvalue weighted by atomic mass is 9.89. The number of imidazole rings is 1. The van der Waals surface area contributed by atoms with Gasteiger partial charge < -0.3 is 20.7 Å². The summed E-state index contributed by atoms with van der Waals surface area (Å²) in [5, 5.41) is 13.7. The van der Waals surface area contributed by atoms with Gasteiger partial charge in [-0.15, -0.1) is 5.10 Å². The monoisotopic (exact) mass is 460 g/mol. The zero-order valence-corrected chi connectivity index (χ0v) is 18.7. The van der Waals surface area contributed by atoms with Crippen molar-refractivity contribution in [2.45, 2.75) is 25.0 Å². The Labute approximate surface area is 194 Å². The molecule has 1 amide bonds. The minimum absolute atomic E-state index is 0.0144. The van der Waals surface area contributed by atoms with E-state index in [1.807, 2.05) is 6.07 Å². The summed E-state index contributed by atoms with van der Waals surface area (Å²) in [5.74, 6) is 0.593. The second-order valence-corrected chi connectivity index (χ2v) is 7.91. The molecule has 4 aromatic rings. The van der Waals surface area contributed by atoms with E-state index in [4.69, 9.17) is 4.74 Å². The third-order valence-electron chi connectivity index (χ3n) is 5.91. The molecule has 1 saturated carbocycles. The number of carbonyl (C=O) groups excluding carboxylic acids is 1. The average molecular weight is 460 g/mol. The van der Waals surface area contributed by atoms with E-state index in [1.165, 1.54) is 15.3 Å². The maximum atomic E-state index is 13.1. The maximum absolute atomic E-state index is 13.1. The van der Waals surface area contributed by atoms with Crippen molar-refractivity contribution in [3.05, 3.63) is 71.0 Å². The van der Waals surface area contributed by atoms with Gasteiger partial charge in [0.25, 0.3) is 11.5 Å². The molecule has 0 aromatic carbocycles. The average Bonchev–Trinajstić information content (AvgIpc) is 3.27. The Morgan fingerprint density at radius 3 is 2.74 bits per heavy atom. The lowest BCUT2D eigenvalue weighted by Gasteiger charge is -2.35. The van der Waals surface area contributed by atoms with Gasteiger partial charge in [0.15, 0.2) is 17.2 Å². The lowest BCUT2D eigenvalue weighted by molar-refractivity contribution is 0.00718. The molecule has 34 heavy (non-hydrogen) atoms. The number of amides is 1. The lowest BCUT2D eigenvalue weighted by Crippen LogP contribution is -2.51. The zero-order chi connectivity index (χ0) is 23.7. The smallest absolute Gasteiger partial charge is 0.279 e. The van der Waals surface area contributed by atoms with E-state index in [2.05, 4.69) is 31.0 Å². The summed E-state index contributed by atoms with van der Waals surface area (Å²) < 4.78 is 8.28. The molecule has 3 N–H and O–H groups in total. The van der Waals surface area contributed by atoms with Crippen molar-refractivity contribution in [2.75, 3.05) is 24.8 Å². The molecule has 0 aliphatic heterocycles. The number of nitrogens with one attached hydrogen (secondary N) is 3. The summed E-state index contributed by atoms with van der Waals surface area (Å²) in [6, 6.07) is 10.5. The number of nitrogens with zero attached hydrogens (tertiary/aromatic N) is 5. The van der Waals surface area contributed by atoms with E-state index >= 15 is 0 Å². The quantitative estimate of drug-likeness (QED) is 0.382. The SMILES string of the molecule is CNc1cc(Nc2cccn(-c3ccccn3)c2=O)nn2c(C(=O)NC3CC[C@H]3OC)cnc12. The summed E-state index contributed by atoms with van der Waals surface area (Å²) >= 11 is 0. The van der Waals surface area contributed by atoms with E-state index in [0.29, 0.717) is 28.7 Å². The molecule has 0 saturated heterocycles. The predicted octanol–water partition coefficient (Wildman–Crippen LogP) is 1.97. The third kappa shape index (κ3) is 3.86. The van der Waals surface area contributed by atoms with Gasteiger partial charge in [0.1, 0.15) is 11.5 Å². The number of hydrogen-bond acceptors (Lipinski definition) is 8. The number of ether oxygens (including phenoxy) is 1. The predicted molar refractivity (Wildman–Crippen MR) is 127 cm³/mol. The number of hydrogen-bond donors (Lipinski definition) is 3. The fourth-order valence-electron chi connectivity index (χ4n) is 3.93. The molecule has 0 radical (unpaired) electrons. The van der Waals surface area contributed by atoms with Crippen LogP contribution in [0.4, 0.5) is 17.2 Å². The highest BCUT2D eigenvalue weighted by molar-refractivity contribution is 5.94. The second kappa shape index (κ2) is 8.94. The van der Waals surface area contributed by atoms with Gasteiger partial charge in [0.2, 0.25) is 0 Å². The Bertz CT molecular complexity index is 1400. The molecule has 0 bridgehead atoms. The molecule has 1 fully saturated rings. The molecular formula is C23H24N8O3. The van der Waals surface area contributed by atoms with E-state index in [0.717, 1.165) is 12.8 Å². The van der Waals surface area contributed by atoms with E-state index in [1.54, 1.807) is 56.9 Å². The Hall–Kier alpha value is -4.25. The van der Waals surface area contributed by atoms with Gasteiger partial charge in [-0.25, -0.2) is 14.5 Å². The first-order valence-electron chi connectivity index (χ1n) is 10.9. The van der Waals surface area contributed by atoms with Crippen molar-refractivity contribution in [1.82, 2.24) is 29.5 Å². The minimum Gasteiger partial charge on any atom is -0.385 e. The molecule has 11 nitrogen and oxygen atoms in total. The molecule has 4 aromatic heterocycles. The number of methoxy groups -OCH3 is 1. The summed E-state index contributed by atoms with van der Waals surface area (Å²) in [5.41, 5.74) is 1.46. The molecule has 1 aliphatic rings. The highest BCUT2D eigenvalue weighted by Crippen LogP contribution is 2.24. The van der Waals surface area contributed by atoms with Crippen molar-refractivity contribution in [1.29, 1.82) is 0 Å². The largest absolute Gasteiger partial charge is 0.385 e. The molecule has 4 heterocycles. The van der Waals surface area contributed by atoms with Gasteiger partial charge in [0.05, 0.1) is 24.0 Å². The fourth-order valence-corrected chi connectivity index (χ4v) is 3.93. The summed E-state index contributed by atoms with van der Waals surface area (Å²) in [4.78, 5) is 34.6. The number of carbonyl (C=O) groups is 1. The van der Waals surface area contributed by atoms with Gasteiger partial charge in [-0.2, -0.15) is 0 Å². The zero-order valence-electron chi connectivity index (χ0n) is 18.7. The standard InChI is InChI=1S/C23H24N8O3/c1-24-16-12-19(27-15-6-5-11-30(23(15)33)20-7-3-4-10-25-20)29-31-17(13-26-21(16)31)22(32)28-14-8-9-18(14)34-2/h3-7,10-14,18,24H,8-9H2,1-2H3,(H,27,29)(H,28,32)/t14?,18-/m1/s1. The topological polar surface area (TPSA) is 127 Å². The van der Waals surface area contributed by atoms with Crippen LogP contribution in [-0.4, -0.2) is 56.4 Å². The molecule has 1 unspecified atom stereocenters. The molecule has 11 heteroatoms. The Morgan fingerprint density at radius 2 is 2.03 bits per heavy atom. The fraction of sp³-hybridized carbons (Fsp3) is 0.261. The first-order valence-corrected chi connectivity index (χ1v) is 10.9. The highest BCUT2D eigenvalue weighted by atomic mass is 16.5. The minimum atomic E-state index is -0.289. The molecular weight excluding hydrogens is 436 g/mol. The first-order chi connectivity index (χ1) is 16.6. The number of rotatable bonds is 7. The molecule has 5 rings (SSSR count). The molecule has 2 atom stereocenters. The van der Waals surface area contributed by atoms with Gasteiger partial charge in [-0.05, 0) is 37.1 Å². The van der Waals surface area contributed by atoms with Crippen LogP contribution in [0.5, 0.6) is 0 Å². The van der Waals surface area contributed by atoms with Crippen LogP contribution >= 0.6 is 0 Å². The van der Waals surface area contributed by atoms with Crippen LogP contribution in [0, 0.1) is 0 Å². The van der Waals surface area contributed by atoms with Crippen molar-refractivity contribution in [3.8, 4) is 5.82 Å². The van der Waals surface area contributed by atoms with Crippen molar-refractivity contribution >= 4 is 28.7 Å². The Morgan fingerprint density at radius 1 is 1.15 bits per heavy atom. The number of anilines is 3. The molecule has 174 valence electrons. The van der Waals surface area contributed by atoms with Gasteiger partial charge in [0, 0.05) is 32.6 Å². The van der Waals surface area contributed by atoms with E-state index < -0.39 is 0 Å². The highest BCUT2D eigenvalue weighted by Gasteiger charge is 2.33.